The first kappa shape index (κ1) is 22.6. The minimum absolute atomic E-state index is 0.398. The first-order valence-corrected chi connectivity index (χ1v) is 14.0. The molecule has 1 fully saturated rings. The molecule has 1 saturated carbocycles. The molecule has 37 heavy (non-hydrogen) atoms. The molecule has 3 N–H and O–H groups in total. The second kappa shape index (κ2) is 9.08. The van der Waals surface area contributed by atoms with Crippen molar-refractivity contribution in [1.82, 2.24) is 25.3 Å². The number of aromatic amines is 1. The molecule has 5 aromatic rings. The van der Waals surface area contributed by atoms with E-state index in [0.29, 0.717) is 0 Å². The van der Waals surface area contributed by atoms with Gasteiger partial charge in [0.1, 0.15) is 16.9 Å². The van der Waals surface area contributed by atoms with E-state index in [9.17, 15) is 0 Å². The predicted molar refractivity (Wildman–Crippen MR) is 151 cm³/mol. The Hall–Kier alpha value is -3.55. The second-order valence-electron chi connectivity index (χ2n) is 10.5. The summed E-state index contributed by atoms with van der Waals surface area (Å²) in [6.45, 7) is 4.16. The van der Waals surface area contributed by atoms with Gasteiger partial charge in [-0.2, -0.15) is 0 Å². The lowest BCUT2D eigenvalue weighted by Gasteiger charge is -2.42. The molecule has 0 saturated heterocycles. The van der Waals surface area contributed by atoms with Gasteiger partial charge in [0.05, 0.1) is 11.7 Å². The number of hydrogen-bond acceptors (Lipinski definition) is 6. The minimum atomic E-state index is -0.398. The molecule has 0 radical (unpaired) electrons. The van der Waals surface area contributed by atoms with E-state index in [2.05, 4.69) is 74.3 Å². The summed E-state index contributed by atoms with van der Waals surface area (Å²) in [5.74, 6) is 1.74. The molecule has 1 aromatic carbocycles. The maximum absolute atomic E-state index is 5.07. The zero-order valence-electron chi connectivity index (χ0n) is 20.9. The van der Waals surface area contributed by atoms with Crippen LogP contribution in [0.2, 0.25) is 0 Å². The number of nitrogens with one attached hydrogen (secondary N) is 3. The molecular formula is C30H30N6S. The first-order chi connectivity index (χ1) is 18.2. The SMILES string of the molecule is CC1(c2nc3c(-c4cccs4)cncc3[nH]2)Nc2ccc(-c3cncc(CNCC4CCCC4)c3)cc21. The van der Waals surface area contributed by atoms with Crippen LogP contribution in [-0.2, 0) is 12.1 Å². The fraction of sp³-hybridized carbons (Fsp3) is 0.300. The third-order valence-corrected chi connectivity index (χ3v) is 8.87. The summed E-state index contributed by atoms with van der Waals surface area (Å²) < 4.78 is 0. The summed E-state index contributed by atoms with van der Waals surface area (Å²) in [5.41, 5.74) is 8.51. The van der Waals surface area contributed by atoms with Gasteiger partial charge in [0.25, 0.3) is 0 Å². The van der Waals surface area contributed by atoms with Crippen LogP contribution >= 0.6 is 11.3 Å². The molecule has 1 unspecified atom stereocenters. The second-order valence-corrected chi connectivity index (χ2v) is 11.5. The van der Waals surface area contributed by atoms with E-state index in [1.807, 2.05) is 24.8 Å². The van der Waals surface area contributed by atoms with Crippen LogP contribution in [-0.4, -0.2) is 26.5 Å². The van der Waals surface area contributed by atoms with E-state index >= 15 is 0 Å². The number of hydrogen-bond donors (Lipinski definition) is 3. The van der Waals surface area contributed by atoms with E-state index in [1.54, 1.807) is 11.3 Å². The highest BCUT2D eigenvalue weighted by molar-refractivity contribution is 7.13. The summed E-state index contributed by atoms with van der Waals surface area (Å²) in [7, 11) is 0. The standard InChI is InChI=1S/C30H30N6S/c1-30(29-34-26-18-33-17-23(28(26)35-29)27-7-4-10-37-27)24-12-21(8-9-25(24)36-30)22-11-20(15-32-16-22)14-31-13-19-5-2-3-6-19/h4,7-12,15-19,31,36H,2-3,5-6,13-14H2,1H3,(H,34,35). The van der Waals surface area contributed by atoms with Crippen LogP contribution in [0.15, 0.2) is 66.6 Å². The maximum atomic E-state index is 5.07. The Morgan fingerprint density at radius 1 is 1.03 bits per heavy atom. The highest BCUT2D eigenvalue weighted by Gasteiger charge is 2.42. The molecule has 4 aromatic heterocycles. The third-order valence-electron chi connectivity index (χ3n) is 7.96. The molecule has 0 amide bonds. The quantitative estimate of drug-likeness (QED) is 0.228. The molecule has 0 spiro atoms. The van der Waals surface area contributed by atoms with Crippen LogP contribution in [0.25, 0.3) is 32.6 Å². The van der Waals surface area contributed by atoms with Gasteiger partial charge in [0.15, 0.2) is 0 Å². The van der Waals surface area contributed by atoms with Gasteiger partial charge < -0.3 is 15.6 Å². The Morgan fingerprint density at radius 3 is 2.78 bits per heavy atom. The van der Waals surface area contributed by atoms with Crippen molar-refractivity contribution in [3.8, 4) is 21.6 Å². The number of anilines is 1. The third kappa shape index (κ3) is 4.03. The Morgan fingerprint density at radius 2 is 1.92 bits per heavy atom. The number of H-pyrrole nitrogens is 1. The highest BCUT2D eigenvalue weighted by Crippen LogP contribution is 2.47. The lowest BCUT2D eigenvalue weighted by molar-refractivity contribution is 0.489. The van der Waals surface area contributed by atoms with E-state index in [4.69, 9.17) is 4.98 Å². The van der Waals surface area contributed by atoms with Crippen molar-refractivity contribution in [2.24, 2.45) is 5.92 Å². The van der Waals surface area contributed by atoms with E-state index in [0.717, 1.165) is 52.7 Å². The first-order valence-electron chi connectivity index (χ1n) is 13.1. The van der Waals surface area contributed by atoms with Gasteiger partial charge in [0, 0.05) is 52.4 Å². The van der Waals surface area contributed by atoms with Crippen molar-refractivity contribution in [3.63, 3.8) is 0 Å². The molecule has 1 atom stereocenters. The molecule has 0 bridgehead atoms. The topological polar surface area (TPSA) is 78.5 Å². The molecule has 6 nitrogen and oxygen atoms in total. The average molecular weight is 507 g/mol. The van der Waals surface area contributed by atoms with Gasteiger partial charge in [-0.1, -0.05) is 25.0 Å². The number of fused-ring (bicyclic) bond motifs is 2. The van der Waals surface area contributed by atoms with Crippen molar-refractivity contribution in [3.05, 3.63) is 83.5 Å². The number of benzene rings is 1. The van der Waals surface area contributed by atoms with Crippen molar-refractivity contribution < 1.29 is 0 Å². The summed E-state index contributed by atoms with van der Waals surface area (Å²) >= 11 is 1.71. The largest absolute Gasteiger partial charge is 0.369 e. The maximum Gasteiger partial charge on any atom is 0.137 e. The lowest BCUT2D eigenvalue weighted by Crippen LogP contribution is -2.43. The predicted octanol–water partition coefficient (Wildman–Crippen LogP) is 6.72. The van der Waals surface area contributed by atoms with Gasteiger partial charge in [-0.15, -0.1) is 11.3 Å². The van der Waals surface area contributed by atoms with Crippen LogP contribution in [0.1, 0.15) is 49.6 Å². The van der Waals surface area contributed by atoms with E-state index in [-0.39, 0.29) is 0 Å². The number of thiophene rings is 1. The molecule has 2 aliphatic rings. The van der Waals surface area contributed by atoms with E-state index < -0.39 is 5.54 Å². The molecule has 1 aliphatic carbocycles. The summed E-state index contributed by atoms with van der Waals surface area (Å²) in [5, 5.41) is 9.37. The zero-order valence-corrected chi connectivity index (χ0v) is 21.7. The summed E-state index contributed by atoms with van der Waals surface area (Å²) in [4.78, 5) is 18.8. The number of imidazole rings is 1. The van der Waals surface area contributed by atoms with Crippen LogP contribution in [0.3, 0.4) is 0 Å². The Balaban J connectivity index is 1.16. The number of nitrogens with zero attached hydrogens (tertiary/aromatic N) is 3. The fourth-order valence-electron chi connectivity index (χ4n) is 5.87. The van der Waals surface area contributed by atoms with Crippen LogP contribution in [0, 0.1) is 5.92 Å². The highest BCUT2D eigenvalue weighted by atomic mass is 32.1. The Labute approximate surface area is 220 Å². The molecule has 7 heteroatoms. The summed E-state index contributed by atoms with van der Waals surface area (Å²) in [6.07, 6.45) is 13.2. The number of rotatable bonds is 7. The van der Waals surface area contributed by atoms with Crippen molar-refractivity contribution in [1.29, 1.82) is 0 Å². The normalized spacial score (nSPS) is 19.1. The zero-order chi connectivity index (χ0) is 24.8. The Bertz CT molecular complexity index is 1570. The molecule has 5 heterocycles. The number of aromatic nitrogens is 4. The lowest BCUT2D eigenvalue weighted by atomic mass is 9.80. The Kier molecular flexibility index (Phi) is 5.55. The van der Waals surface area contributed by atoms with E-state index in [1.165, 1.54) is 47.3 Å². The molecule has 7 rings (SSSR count). The van der Waals surface area contributed by atoms with Gasteiger partial charge in [-0.3, -0.25) is 9.97 Å². The van der Waals surface area contributed by atoms with Crippen molar-refractivity contribution in [2.75, 3.05) is 11.9 Å². The summed E-state index contributed by atoms with van der Waals surface area (Å²) in [6, 6.07) is 13.1. The van der Waals surface area contributed by atoms with Gasteiger partial charge in [0.2, 0.25) is 0 Å². The van der Waals surface area contributed by atoms with Gasteiger partial charge in [-0.05, 0) is 73.0 Å². The van der Waals surface area contributed by atoms with Gasteiger partial charge in [-0.25, -0.2) is 4.98 Å². The van der Waals surface area contributed by atoms with Crippen LogP contribution in [0.5, 0.6) is 0 Å². The smallest absolute Gasteiger partial charge is 0.137 e. The molecular weight excluding hydrogens is 476 g/mol. The average Bonchev–Trinajstić information content (AvgIpc) is 3.70. The number of pyridine rings is 2. The fourth-order valence-corrected chi connectivity index (χ4v) is 6.60. The van der Waals surface area contributed by atoms with Crippen molar-refractivity contribution >= 4 is 28.1 Å². The van der Waals surface area contributed by atoms with Crippen LogP contribution in [0.4, 0.5) is 5.69 Å². The molecule has 1 aliphatic heterocycles. The molecule has 186 valence electrons. The van der Waals surface area contributed by atoms with Crippen LogP contribution < -0.4 is 10.6 Å². The van der Waals surface area contributed by atoms with Gasteiger partial charge >= 0.3 is 0 Å². The minimum Gasteiger partial charge on any atom is -0.369 e. The van der Waals surface area contributed by atoms with Crippen molar-refractivity contribution in [2.45, 2.75) is 44.7 Å². The monoisotopic (exact) mass is 506 g/mol.